The zero-order valence-corrected chi connectivity index (χ0v) is 22.8. The molecule has 1 atom stereocenters. The summed E-state index contributed by atoms with van der Waals surface area (Å²) >= 11 is 1.61. The van der Waals surface area contributed by atoms with Crippen molar-refractivity contribution in [3.63, 3.8) is 0 Å². The summed E-state index contributed by atoms with van der Waals surface area (Å²) in [4.78, 5) is 0. The van der Waals surface area contributed by atoms with E-state index in [0.717, 1.165) is 35.6 Å². The molecular weight excluding hydrogens is 442 g/mol. The van der Waals surface area contributed by atoms with Crippen molar-refractivity contribution < 1.29 is 13.4 Å². The summed E-state index contributed by atoms with van der Waals surface area (Å²) < 4.78 is 28.9. The largest absolute Gasteiger partial charge is 0.494 e. The van der Waals surface area contributed by atoms with Gasteiger partial charge in [0.1, 0.15) is 16.7 Å². The number of ether oxygens (including phenoxy) is 1. The highest BCUT2D eigenvalue weighted by molar-refractivity contribution is 7.85. The second-order valence-corrected chi connectivity index (χ2v) is 17.6. The molecular formula is C24H37NO3S2Si. The van der Waals surface area contributed by atoms with Crippen LogP contribution >= 0.6 is 11.3 Å². The van der Waals surface area contributed by atoms with Gasteiger partial charge < -0.3 is 9.16 Å². The fourth-order valence-corrected chi connectivity index (χ4v) is 4.77. The number of benzene rings is 1. The first-order valence-electron chi connectivity index (χ1n) is 10.7. The van der Waals surface area contributed by atoms with Crippen LogP contribution in [0.5, 0.6) is 5.75 Å². The van der Waals surface area contributed by atoms with Gasteiger partial charge in [-0.15, -0.1) is 0 Å². The minimum Gasteiger partial charge on any atom is -0.494 e. The molecule has 1 heterocycles. The molecule has 0 amide bonds. The van der Waals surface area contributed by atoms with Crippen LogP contribution in [0.3, 0.4) is 0 Å². The van der Waals surface area contributed by atoms with Crippen molar-refractivity contribution in [1.29, 1.82) is 0 Å². The van der Waals surface area contributed by atoms with E-state index < -0.39 is 24.1 Å². The fraction of sp³-hybridized carbons (Fsp3) is 0.542. The normalized spacial score (nSPS) is 14.5. The topological polar surface area (TPSA) is 47.9 Å². The van der Waals surface area contributed by atoms with Crippen LogP contribution in [-0.4, -0.2) is 36.2 Å². The van der Waals surface area contributed by atoms with E-state index in [9.17, 15) is 4.21 Å². The number of rotatable bonds is 9. The molecule has 7 heteroatoms. The van der Waals surface area contributed by atoms with E-state index in [1.165, 1.54) is 0 Å². The predicted octanol–water partition coefficient (Wildman–Crippen LogP) is 6.84. The van der Waals surface area contributed by atoms with Crippen LogP contribution < -0.4 is 4.74 Å². The lowest BCUT2D eigenvalue weighted by atomic mass is 10.1. The maximum absolute atomic E-state index is 12.6. The van der Waals surface area contributed by atoms with Crippen LogP contribution in [0.1, 0.15) is 59.1 Å². The molecule has 0 radical (unpaired) electrons. The Hall–Kier alpha value is -1.28. The average Bonchev–Trinajstić information content (AvgIpc) is 3.19. The van der Waals surface area contributed by atoms with E-state index in [1.54, 1.807) is 11.3 Å². The molecule has 0 aliphatic carbocycles. The van der Waals surface area contributed by atoms with Gasteiger partial charge in [0.2, 0.25) is 0 Å². The summed E-state index contributed by atoms with van der Waals surface area (Å²) in [5.74, 6) is 0.817. The quantitative estimate of drug-likeness (QED) is 0.225. The van der Waals surface area contributed by atoms with Crippen molar-refractivity contribution in [2.24, 2.45) is 4.40 Å². The molecule has 2 aromatic rings. The minimum atomic E-state index is -1.70. The molecule has 0 saturated heterocycles. The molecule has 0 spiro atoms. The Kier molecular flexibility index (Phi) is 8.84. The van der Waals surface area contributed by atoms with Crippen LogP contribution in [0, 0.1) is 0 Å². The summed E-state index contributed by atoms with van der Waals surface area (Å²) in [6, 6.07) is 9.88. The van der Waals surface area contributed by atoms with Crippen molar-refractivity contribution in [1.82, 2.24) is 0 Å². The van der Waals surface area contributed by atoms with Gasteiger partial charge in [-0.25, -0.2) is 4.21 Å². The molecule has 0 bridgehead atoms. The maximum Gasteiger partial charge on any atom is 0.191 e. The average molecular weight is 480 g/mol. The maximum atomic E-state index is 12.6. The molecule has 0 saturated carbocycles. The van der Waals surface area contributed by atoms with Gasteiger partial charge in [-0.2, -0.15) is 15.7 Å². The fourth-order valence-electron chi connectivity index (χ4n) is 2.39. The number of nitrogens with zero attached hydrogens (tertiary/aromatic N) is 1. The smallest absolute Gasteiger partial charge is 0.191 e. The molecule has 0 aliphatic rings. The van der Waals surface area contributed by atoms with E-state index in [1.807, 2.05) is 61.9 Å². The number of thiophene rings is 1. The molecule has 0 aliphatic heterocycles. The van der Waals surface area contributed by atoms with E-state index in [-0.39, 0.29) is 5.04 Å². The minimum absolute atomic E-state index is 0.224. The van der Waals surface area contributed by atoms with Crippen LogP contribution in [0.4, 0.5) is 0 Å². The first-order valence-corrected chi connectivity index (χ1v) is 15.7. The van der Waals surface area contributed by atoms with Crippen molar-refractivity contribution >= 4 is 36.4 Å². The zero-order valence-electron chi connectivity index (χ0n) is 20.2. The highest BCUT2D eigenvalue weighted by atomic mass is 32.2. The lowest BCUT2D eigenvalue weighted by Crippen LogP contribution is -2.41. The van der Waals surface area contributed by atoms with Crippen LogP contribution in [0.15, 0.2) is 45.5 Å². The Morgan fingerprint density at radius 2 is 1.65 bits per heavy atom. The Morgan fingerprint density at radius 3 is 2.16 bits per heavy atom. The van der Waals surface area contributed by atoms with E-state index in [0.29, 0.717) is 6.61 Å². The van der Waals surface area contributed by atoms with Gasteiger partial charge in [0.05, 0.1) is 17.1 Å². The number of hydrogen-bond donors (Lipinski definition) is 0. The molecule has 0 N–H and O–H groups in total. The van der Waals surface area contributed by atoms with Gasteiger partial charge in [0, 0.05) is 29.5 Å². The molecule has 1 unspecified atom stereocenters. The highest BCUT2D eigenvalue weighted by Gasteiger charge is 2.36. The third-order valence-corrected chi connectivity index (χ3v) is 12.1. The van der Waals surface area contributed by atoms with Crippen LogP contribution in [0.2, 0.25) is 18.1 Å². The Labute approximate surface area is 195 Å². The molecule has 172 valence electrons. The SMILES string of the molecule is CC(C)(C)S(=O)N=C(c1ccc(OCCCO[Si](C)(C)C(C)(C)C)cc1)c1ccsc1. The second kappa shape index (κ2) is 10.6. The monoisotopic (exact) mass is 479 g/mol. The van der Waals surface area contributed by atoms with E-state index >= 15 is 0 Å². The Balaban J connectivity index is 2.00. The standard InChI is InChI=1S/C24H37NO3S2Si/c1-23(2,3)30(26)25-22(20-14-17-29-18-20)19-10-12-21(13-11-19)27-15-9-16-28-31(7,8)24(4,5)6/h10-14,17-18H,9,15-16H2,1-8H3. The van der Waals surface area contributed by atoms with Gasteiger partial charge >= 0.3 is 0 Å². The first kappa shape index (κ1) is 26.0. The molecule has 4 nitrogen and oxygen atoms in total. The third-order valence-electron chi connectivity index (χ3n) is 5.45. The third kappa shape index (κ3) is 7.66. The van der Waals surface area contributed by atoms with Crippen molar-refractivity contribution in [3.05, 3.63) is 52.2 Å². The van der Waals surface area contributed by atoms with Crippen molar-refractivity contribution in [3.8, 4) is 5.75 Å². The van der Waals surface area contributed by atoms with Gasteiger partial charge in [-0.1, -0.05) is 20.8 Å². The lowest BCUT2D eigenvalue weighted by molar-refractivity contribution is 0.234. The summed E-state index contributed by atoms with van der Waals surface area (Å²) in [5, 5.41) is 4.27. The van der Waals surface area contributed by atoms with E-state index in [2.05, 4.69) is 38.3 Å². The predicted molar refractivity (Wildman–Crippen MR) is 138 cm³/mol. The van der Waals surface area contributed by atoms with Gasteiger partial charge in [-0.3, -0.25) is 0 Å². The first-order chi connectivity index (χ1) is 14.3. The summed E-state index contributed by atoms with van der Waals surface area (Å²) in [6.07, 6.45) is 0.862. The van der Waals surface area contributed by atoms with Gasteiger partial charge in [0.15, 0.2) is 8.32 Å². The van der Waals surface area contributed by atoms with Crippen LogP contribution in [0.25, 0.3) is 0 Å². The van der Waals surface area contributed by atoms with Gasteiger partial charge in [0.25, 0.3) is 0 Å². The summed E-state index contributed by atoms with van der Waals surface area (Å²) in [5.41, 5.74) is 2.67. The van der Waals surface area contributed by atoms with Crippen LogP contribution in [-0.2, 0) is 15.4 Å². The molecule has 0 fully saturated rings. The molecule has 31 heavy (non-hydrogen) atoms. The van der Waals surface area contributed by atoms with Gasteiger partial charge in [-0.05, 0) is 74.6 Å². The molecule has 2 rings (SSSR count). The Morgan fingerprint density at radius 1 is 1.00 bits per heavy atom. The zero-order chi connectivity index (χ0) is 23.3. The van der Waals surface area contributed by atoms with Crippen molar-refractivity contribution in [2.75, 3.05) is 13.2 Å². The Bertz CT molecular complexity index is 877. The summed E-state index contributed by atoms with van der Waals surface area (Å²) in [6.45, 7) is 18.4. The number of hydrogen-bond acceptors (Lipinski definition) is 4. The van der Waals surface area contributed by atoms with Crippen molar-refractivity contribution in [2.45, 2.75) is 70.8 Å². The molecule has 1 aromatic heterocycles. The summed E-state index contributed by atoms with van der Waals surface area (Å²) in [7, 11) is -3.03. The highest BCUT2D eigenvalue weighted by Crippen LogP contribution is 2.36. The lowest BCUT2D eigenvalue weighted by Gasteiger charge is -2.36. The van der Waals surface area contributed by atoms with E-state index in [4.69, 9.17) is 9.16 Å². The second-order valence-electron chi connectivity index (χ2n) is 10.1. The molecule has 1 aromatic carbocycles.